The molecule has 5 nitrogen and oxygen atoms in total. The Balaban J connectivity index is 1.67. The number of phenols is 1. The van der Waals surface area contributed by atoms with Gasteiger partial charge in [-0.05, 0) is 98.4 Å². The van der Waals surface area contributed by atoms with Crippen LogP contribution in [0.3, 0.4) is 0 Å². The van der Waals surface area contributed by atoms with Crippen molar-refractivity contribution in [1.82, 2.24) is 14.9 Å². The van der Waals surface area contributed by atoms with Gasteiger partial charge in [-0.1, -0.05) is 6.07 Å². The Bertz CT molecular complexity index is 1300. The molecule has 7 heteroatoms. The smallest absolute Gasteiger partial charge is 0.174 e. The zero-order chi connectivity index (χ0) is 23.1. The molecule has 1 fully saturated rings. The van der Waals surface area contributed by atoms with E-state index in [0.29, 0.717) is 5.11 Å². The summed E-state index contributed by atoms with van der Waals surface area (Å²) in [5.74, 6) is -0.0652. The average Bonchev–Trinajstić information content (AvgIpc) is 3.31. The van der Waals surface area contributed by atoms with Crippen LogP contribution in [0.5, 0.6) is 5.75 Å². The van der Waals surface area contributed by atoms with E-state index in [0.717, 1.165) is 34.0 Å². The molecule has 0 saturated carbocycles. The predicted molar refractivity (Wildman–Crippen MR) is 131 cm³/mol. The monoisotopic (exact) mass is 458 g/mol. The Hall–Kier alpha value is -3.71. The summed E-state index contributed by atoms with van der Waals surface area (Å²) in [5.41, 5.74) is 5.86. The molecule has 0 amide bonds. The number of benzene rings is 2. The minimum absolute atomic E-state index is 0.183. The largest absolute Gasteiger partial charge is 0.508 e. The first-order valence-corrected chi connectivity index (χ1v) is 11.1. The number of anilines is 1. The van der Waals surface area contributed by atoms with Gasteiger partial charge in [-0.3, -0.25) is 4.98 Å². The minimum atomic E-state index is -0.292. The van der Waals surface area contributed by atoms with E-state index >= 15 is 0 Å². The molecule has 2 aromatic carbocycles. The van der Waals surface area contributed by atoms with Crippen LogP contribution in [0.1, 0.15) is 34.7 Å². The van der Waals surface area contributed by atoms with Crippen molar-refractivity contribution in [2.24, 2.45) is 0 Å². The molecular weight excluding hydrogens is 435 g/mol. The summed E-state index contributed by atoms with van der Waals surface area (Å²) in [6.45, 7) is 4.14. The molecule has 1 aliphatic rings. The fraction of sp³-hybridized carbons (Fsp3) is 0.154. The van der Waals surface area contributed by atoms with Crippen LogP contribution in [0.2, 0.25) is 0 Å². The molecule has 5 rings (SSSR count). The van der Waals surface area contributed by atoms with Crippen LogP contribution < -0.4 is 10.2 Å². The maximum absolute atomic E-state index is 13.7. The molecule has 3 heterocycles. The van der Waals surface area contributed by atoms with Gasteiger partial charge in [0.2, 0.25) is 0 Å². The number of aromatic hydroxyl groups is 1. The highest BCUT2D eigenvalue weighted by Gasteiger charge is 2.42. The lowest BCUT2D eigenvalue weighted by molar-refractivity contribution is 0.475. The van der Waals surface area contributed by atoms with Crippen molar-refractivity contribution in [3.8, 4) is 11.4 Å². The quantitative estimate of drug-likeness (QED) is 0.395. The van der Waals surface area contributed by atoms with Crippen LogP contribution in [0.25, 0.3) is 5.69 Å². The van der Waals surface area contributed by atoms with Crippen LogP contribution in [0, 0.1) is 19.7 Å². The van der Waals surface area contributed by atoms with E-state index < -0.39 is 0 Å². The number of pyridine rings is 1. The number of rotatable bonds is 4. The average molecular weight is 459 g/mol. The van der Waals surface area contributed by atoms with E-state index in [1.54, 1.807) is 30.5 Å². The van der Waals surface area contributed by atoms with E-state index in [2.05, 4.69) is 34.8 Å². The molecule has 2 N–H and O–H groups in total. The first kappa shape index (κ1) is 21.2. The number of aryl methyl sites for hydroxylation is 1. The topological polar surface area (TPSA) is 53.3 Å². The fourth-order valence-corrected chi connectivity index (χ4v) is 4.98. The lowest BCUT2D eigenvalue weighted by Gasteiger charge is -2.28. The van der Waals surface area contributed by atoms with Crippen molar-refractivity contribution in [3.63, 3.8) is 0 Å². The molecule has 0 spiro atoms. The second-order valence-corrected chi connectivity index (χ2v) is 8.54. The molecule has 4 aromatic rings. The van der Waals surface area contributed by atoms with Gasteiger partial charge in [0.15, 0.2) is 5.11 Å². The molecule has 2 atom stereocenters. The third kappa shape index (κ3) is 3.74. The molecule has 166 valence electrons. The Morgan fingerprint density at radius 1 is 0.970 bits per heavy atom. The molecule has 2 aromatic heterocycles. The first-order chi connectivity index (χ1) is 15.9. The van der Waals surface area contributed by atoms with E-state index in [-0.39, 0.29) is 23.7 Å². The molecule has 1 saturated heterocycles. The minimum Gasteiger partial charge on any atom is -0.508 e. The summed E-state index contributed by atoms with van der Waals surface area (Å²) in [6, 6.07) is 21.2. The van der Waals surface area contributed by atoms with Crippen molar-refractivity contribution >= 4 is 23.0 Å². The molecule has 33 heavy (non-hydrogen) atoms. The van der Waals surface area contributed by atoms with Gasteiger partial charge >= 0.3 is 0 Å². The van der Waals surface area contributed by atoms with Gasteiger partial charge in [0.05, 0.1) is 17.8 Å². The second-order valence-electron chi connectivity index (χ2n) is 8.15. The number of hydrogen-bond donors (Lipinski definition) is 2. The number of nitrogens with zero attached hydrogens (tertiary/aromatic N) is 3. The van der Waals surface area contributed by atoms with Crippen LogP contribution in [0.4, 0.5) is 10.1 Å². The maximum Gasteiger partial charge on any atom is 0.174 e. The molecule has 0 aliphatic carbocycles. The zero-order valence-electron chi connectivity index (χ0n) is 18.2. The number of aromatic nitrogens is 2. The van der Waals surface area contributed by atoms with E-state index in [1.807, 2.05) is 35.2 Å². The Labute approximate surface area is 197 Å². The molecule has 1 aliphatic heterocycles. The first-order valence-electron chi connectivity index (χ1n) is 10.7. The van der Waals surface area contributed by atoms with Crippen LogP contribution >= 0.6 is 12.2 Å². The number of phenolic OH excluding ortho intramolecular Hbond substituents is 1. The van der Waals surface area contributed by atoms with Gasteiger partial charge in [-0.25, -0.2) is 4.39 Å². The number of halogens is 1. The highest BCUT2D eigenvalue weighted by Crippen LogP contribution is 2.43. The Morgan fingerprint density at radius 2 is 1.67 bits per heavy atom. The summed E-state index contributed by atoms with van der Waals surface area (Å²) < 4.78 is 15.8. The summed E-state index contributed by atoms with van der Waals surface area (Å²) in [7, 11) is 0. The highest BCUT2D eigenvalue weighted by molar-refractivity contribution is 7.80. The van der Waals surface area contributed by atoms with Crippen molar-refractivity contribution in [3.05, 3.63) is 107 Å². The number of thiocarbonyl (C=S) groups is 1. The normalized spacial score (nSPS) is 17.9. The molecule has 0 unspecified atom stereocenters. The van der Waals surface area contributed by atoms with Crippen molar-refractivity contribution in [1.29, 1.82) is 0 Å². The Morgan fingerprint density at radius 3 is 2.33 bits per heavy atom. The van der Waals surface area contributed by atoms with Crippen molar-refractivity contribution in [2.75, 3.05) is 4.90 Å². The van der Waals surface area contributed by atoms with E-state index in [1.165, 1.54) is 12.1 Å². The van der Waals surface area contributed by atoms with Crippen LogP contribution in [-0.2, 0) is 0 Å². The summed E-state index contributed by atoms with van der Waals surface area (Å²) >= 11 is 5.76. The van der Waals surface area contributed by atoms with Crippen LogP contribution in [-0.4, -0.2) is 19.8 Å². The van der Waals surface area contributed by atoms with Crippen LogP contribution in [0.15, 0.2) is 79.0 Å². The zero-order valence-corrected chi connectivity index (χ0v) is 19.1. The summed E-state index contributed by atoms with van der Waals surface area (Å²) in [6.07, 6.45) is 1.78. The van der Waals surface area contributed by atoms with Gasteiger partial charge in [-0.15, -0.1) is 0 Å². The number of hydrogen-bond acceptors (Lipinski definition) is 3. The lowest BCUT2D eigenvalue weighted by Crippen LogP contribution is -2.29. The summed E-state index contributed by atoms with van der Waals surface area (Å²) in [4.78, 5) is 6.64. The SMILES string of the molecule is Cc1cc([C@H]2[C@H](c3ccccn3)NC(=S)N2c2ccc(F)cc2)c(C)n1-c1ccc(O)cc1. The third-order valence-corrected chi connectivity index (χ3v) is 6.41. The lowest BCUT2D eigenvalue weighted by atomic mass is 9.96. The molecule has 0 bridgehead atoms. The fourth-order valence-electron chi connectivity index (χ4n) is 4.64. The maximum atomic E-state index is 13.7. The molecule has 0 radical (unpaired) electrons. The standard InChI is InChI=1S/C26H23FN4OS/c1-16-15-22(17(2)30(16)19-10-12-21(32)13-11-19)25-24(23-5-3-4-14-28-23)29-26(33)31(25)20-8-6-18(27)7-9-20/h3-15,24-25,32H,1-2H3,(H,29,33)/t24-,25-/m0/s1. The van der Waals surface area contributed by atoms with Gasteiger partial charge in [0, 0.05) is 29.0 Å². The van der Waals surface area contributed by atoms with Crippen molar-refractivity contribution < 1.29 is 9.50 Å². The predicted octanol–water partition coefficient (Wildman–Crippen LogP) is 5.51. The van der Waals surface area contributed by atoms with E-state index in [9.17, 15) is 9.50 Å². The van der Waals surface area contributed by atoms with Crippen molar-refractivity contribution in [2.45, 2.75) is 25.9 Å². The van der Waals surface area contributed by atoms with Gasteiger partial charge in [0.1, 0.15) is 11.6 Å². The molecular formula is C26H23FN4OS. The summed E-state index contributed by atoms with van der Waals surface area (Å²) in [5, 5.41) is 13.7. The van der Waals surface area contributed by atoms with Gasteiger partial charge < -0.3 is 19.9 Å². The number of nitrogens with one attached hydrogen (secondary N) is 1. The highest BCUT2D eigenvalue weighted by atomic mass is 32.1. The van der Waals surface area contributed by atoms with Gasteiger partial charge in [0.25, 0.3) is 0 Å². The van der Waals surface area contributed by atoms with E-state index in [4.69, 9.17) is 12.2 Å². The second kappa shape index (κ2) is 8.33. The Kier molecular flexibility index (Phi) is 5.34. The third-order valence-electron chi connectivity index (χ3n) is 6.10. The van der Waals surface area contributed by atoms with Gasteiger partial charge in [-0.2, -0.15) is 0 Å².